The van der Waals surface area contributed by atoms with Crippen LogP contribution < -0.4 is 10.1 Å². The number of halogens is 1. The second kappa shape index (κ2) is 5.55. The van der Waals surface area contributed by atoms with Crippen molar-refractivity contribution in [2.24, 2.45) is 5.92 Å². The molecule has 116 valence electrons. The lowest BCUT2D eigenvalue weighted by atomic mass is 9.94. The Morgan fingerprint density at radius 3 is 2.86 bits per heavy atom. The first-order chi connectivity index (χ1) is 10.0. The van der Waals surface area contributed by atoms with E-state index in [0.717, 1.165) is 25.5 Å². The predicted molar refractivity (Wildman–Crippen MR) is 76.2 cm³/mol. The SMILES string of the molecule is COc1ccc(S(=O)(=O)N2CC3CCCNC3C2)cc1F. The summed E-state index contributed by atoms with van der Waals surface area (Å²) < 4.78 is 45.3. The van der Waals surface area contributed by atoms with E-state index in [0.29, 0.717) is 19.0 Å². The molecule has 2 aliphatic rings. The van der Waals surface area contributed by atoms with E-state index in [9.17, 15) is 12.8 Å². The van der Waals surface area contributed by atoms with Gasteiger partial charge in [0.05, 0.1) is 12.0 Å². The van der Waals surface area contributed by atoms with Crippen LogP contribution in [0.1, 0.15) is 12.8 Å². The number of fused-ring (bicyclic) bond motifs is 1. The lowest BCUT2D eigenvalue weighted by Crippen LogP contribution is -2.41. The van der Waals surface area contributed by atoms with Gasteiger partial charge in [0.15, 0.2) is 11.6 Å². The summed E-state index contributed by atoms with van der Waals surface area (Å²) in [6, 6.07) is 4.00. The number of piperidine rings is 1. The van der Waals surface area contributed by atoms with Crippen LogP contribution in [-0.2, 0) is 10.0 Å². The molecule has 1 aromatic rings. The molecule has 21 heavy (non-hydrogen) atoms. The van der Waals surface area contributed by atoms with Crippen LogP contribution in [0.4, 0.5) is 4.39 Å². The molecule has 2 fully saturated rings. The quantitative estimate of drug-likeness (QED) is 0.911. The van der Waals surface area contributed by atoms with Crippen LogP contribution in [0.3, 0.4) is 0 Å². The second-order valence-corrected chi connectivity index (χ2v) is 7.52. The lowest BCUT2D eigenvalue weighted by Gasteiger charge is -2.24. The van der Waals surface area contributed by atoms with Crippen molar-refractivity contribution in [3.8, 4) is 5.75 Å². The van der Waals surface area contributed by atoms with Crippen LogP contribution in [0.2, 0.25) is 0 Å². The molecule has 0 aromatic heterocycles. The number of ether oxygens (including phenoxy) is 1. The number of sulfonamides is 1. The molecule has 1 aromatic carbocycles. The Hall–Kier alpha value is -1.18. The van der Waals surface area contributed by atoms with Gasteiger partial charge in [0.1, 0.15) is 0 Å². The van der Waals surface area contributed by atoms with E-state index in [1.54, 1.807) is 0 Å². The van der Waals surface area contributed by atoms with Crippen molar-refractivity contribution in [1.29, 1.82) is 0 Å². The average molecular weight is 314 g/mol. The molecule has 2 unspecified atom stereocenters. The first-order valence-corrected chi connectivity index (χ1v) is 8.53. The van der Waals surface area contributed by atoms with Gasteiger partial charge in [0.2, 0.25) is 10.0 Å². The molecule has 1 N–H and O–H groups in total. The van der Waals surface area contributed by atoms with Crippen LogP contribution >= 0.6 is 0 Å². The molecular weight excluding hydrogens is 295 g/mol. The molecule has 2 heterocycles. The third-order valence-electron chi connectivity index (χ3n) is 4.33. The molecule has 0 spiro atoms. The zero-order valence-corrected chi connectivity index (χ0v) is 12.7. The normalized spacial score (nSPS) is 26.6. The maximum absolute atomic E-state index is 13.7. The Morgan fingerprint density at radius 2 is 2.19 bits per heavy atom. The first-order valence-electron chi connectivity index (χ1n) is 7.09. The Morgan fingerprint density at radius 1 is 1.38 bits per heavy atom. The van der Waals surface area contributed by atoms with Crippen LogP contribution in [0.15, 0.2) is 23.1 Å². The summed E-state index contributed by atoms with van der Waals surface area (Å²) in [6.45, 7) is 1.90. The zero-order chi connectivity index (χ0) is 15.0. The molecule has 2 saturated heterocycles. The van der Waals surface area contributed by atoms with E-state index in [1.807, 2.05) is 0 Å². The van der Waals surface area contributed by atoms with Gasteiger partial charge in [0.25, 0.3) is 0 Å². The van der Waals surface area contributed by atoms with E-state index in [2.05, 4.69) is 5.32 Å². The zero-order valence-electron chi connectivity index (χ0n) is 11.9. The lowest BCUT2D eigenvalue weighted by molar-refractivity contribution is 0.339. The van der Waals surface area contributed by atoms with Gasteiger partial charge in [-0.2, -0.15) is 4.31 Å². The minimum atomic E-state index is -3.65. The van der Waals surface area contributed by atoms with Crippen molar-refractivity contribution < 1.29 is 17.5 Å². The summed E-state index contributed by atoms with van der Waals surface area (Å²) in [7, 11) is -2.30. The number of methoxy groups -OCH3 is 1. The summed E-state index contributed by atoms with van der Waals surface area (Å²) in [5.74, 6) is -0.254. The largest absolute Gasteiger partial charge is 0.494 e. The van der Waals surface area contributed by atoms with Crippen LogP contribution in [0.25, 0.3) is 0 Å². The maximum Gasteiger partial charge on any atom is 0.243 e. The summed E-state index contributed by atoms with van der Waals surface area (Å²) >= 11 is 0. The summed E-state index contributed by atoms with van der Waals surface area (Å²) in [5.41, 5.74) is 0. The highest BCUT2D eigenvalue weighted by Crippen LogP contribution is 2.30. The molecule has 0 aliphatic carbocycles. The number of nitrogens with one attached hydrogen (secondary N) is 1. The molecule has 2 atom stereocenters. The molecular formula is C14H19FN2O3S. The van der Waals surface area contributed by atoms with Gasteiger partial charge in [0, 0.05) is 19.1 Å². The number of rotatable bonds is 3. The number of benzene rings is 1. The number of hydrogen-bond donors (Lipinski definition) is 1. The van der Waals surface area contributed by atoms with Crippen molar-refractivity contribution in [3.63, 3.8) is 0 Å². The smallest absolute Gasteiger partial charge is 0.243 e. The van der Waals surface area contributed by atoms with Crippen molar-refractivity contribution in [2.45, 2.75) is 23.8 Å². The monoisotopic (exact) mass is 314 g/mol. The molecule has 2 aliphatic heterocycles. The second-order valence-electron chi connectivity index (χ2n) is 5.58. The minimum absolute atomic E-state index is 0.0144. The van der Waals surface area contributed by atoms with Gasteiger partial charge in [-0.1, -0.05) is 0 Å². The van der Waals surface area contributed by atoms with Crippen molar-refractivity contribution in [1.82, 2.24) is 9.62 Å². The summed E-state index contributed by atoms with van der Waals surface area (Å²) in [6.07, 6.45) is 2.12. The van der Waals surface area contributed by atoms with Crippen molar-refractivity contribution in [3.05, 3.63) is 24.0 Å². The predicted octanol–water partition coefficient (Wildman–Crippen LogP) is 1.21. The standard InChI is InChI=1S/C14H19FN2O3S/c1-20-14-5-4-11(7-12(14)15)21(18,19)17-8-10-3-2-6-16-13(10)9-17/h4-5,7,10,13,16H,2-3,6,8-9H2,1H3. The van der Waals surface area contributed by atoms with Gasteiger partial charge in [-0.15, -0.1) is 0 Å². The molecule has 5 nitrogen and oxygen atoms in total. The fourth-order valence-corrected chi connectivity index (χ4v) is 4.70. The maximum atomic E-state index is 13.7. The van der Waals surface area contributed by atoms with Crippen LogP contribution in [0.5, 0.6) is 5.75 Å². The van der Waals surface area contributed by atoms with Crippen LogP contribution in [-0.4, -0.2) is 45.5 Å². The number of hydrogen-bond acceptors (Lipinski definition) is 4. The third-order valence-corrected chi connectivity index (χ3v) is 6.15. The Balaban J connectivity index is 1.85. The van der Waals surface area contributed by atoms with Gasteiger partial charge in [-0.05, 0) is 43.5 Å². The Kier molecular flexibility index (Phi) is 3.90. The highest BCUT2D eigenvalue weighted by Gasteiger charge is 2.40. The van der Waals surface area contributed by atoms with Gasteiger partial charge in [-0.25, -0.2) is 12.8 Å². The topological polar surface area (TPSA) is 58.6 Å². The van der Waals surface area contributed by atoms with E-state index in [-0.39, 0.29) is 16.7 Å². The molecule has 0 saturated carbocycles. The van der Waals surface area contributed by atoms with Crippen molar-refractivity contribution >= 4 is 10.0 Å². The summed E-state index contributed by atoms with van der Waals surface area (Å²) in [5, 5.41) is 3.36. The fraction of sp³-hybridized carbons (Fsp3) is 0.571. The molecule has 0 bridgehead atoms. The van der Waals surface area contributed by atoms with Crippen LogP contribution in [0, 0.1) is 11.7 Å². The third kappa shape index (κ3) is 2.65. The minimum Gasteiger partial charge on any atom is -0.494 e. The van der Waals surface area contributed by atoms with Crippen molar-refractivity contribution in [2.75, 3.05) is 26.7 Å². The Labute approximate surface area is 124 Å². The van der Waals surface area contributed by atoms with E-state index < -0.39 is 15.8 Å². The summed E-state index contributed by atoms with van der Waals surface area (Å²) in [4.78, 5) is -0.0144. The average Bonchev–Trinajstić information content (AvgIpc) is 2.92. The van der Waals surface area contributed by atoms with Gasteiger partial charge >= 0.3 is 0 Å². The molecule has 0 amide bonds. The van der Waals surface area contributed by atoms with E-state index in [4.69, 9.17) is 4.74 Å². The molecule has 7 heteroatoms. The highest BCUT2D eigenvalue weighted by molar-refractivity contribution is 7.89. The van der Waals surface area contributed by atoms with E-state index in [1.165, 1.54) is 23.5 Å². The molecule has 0 radical (unpaired) electrons. The van der Waals surface area contributed by atoms with E-state index >= 15 is 0 Å². The van der Waals surface area contributed by atoms with Gasteiger partial charge in [-0.3, -0.25) is 0 Å². The Bertz CT molecular complexity index is 621. The van der Waals surface area contributed by atoms with Gasteiger partial charge < -0.3 is 10.1 Å². The number of nitrogens with zero attached hydrogens (tertiary/aromatic N) is 1. The highest BCUT2D eigenvalue weighted by atomic mass is 32.2. The first kappa shape index (κ1) is 14.7. The molecule has 3 rings (SSSR count). The fourth-order valence-electron chi connectivity index (χ4n) is 3.16.